The maximum atomic E-state index is 12.4. The van der Waals surface area contributed by atoms with Crippen LogP contribution in [-0.2, 0) is 4.79 Å². The van der Waals surface area contributed by atoms with E-state index in [1.165, 1.54) is 12.1 Å². The molecule has 3 aromatic rings. The fourth-order valence-electron chi connectivity index (χ4n) is 2.21. The number of para-hydroxylation sites is 2. The van der Waals surface area contributed by atoms with E-state index in [9.17, 15) is 4.79 Å². The highest BCUT2D eigenvalue weighted by Crippen LogP contribution is 2.36. The van der Waals surface area contributed by atoms with Crippen molar-refractivity contribution in [3.63, 3.8) is 0 Å². The van der Waals surface area contributed by atoms with E-state index in [4.69, 9.17) is 39.5 Å². The third-order valence-electron chi connectivity index (χ3n) is 3.41. The number of imidazole rings is 1. The van der Waals surface area contributed by atoms with E-state index in [1.807, 2.05) is 24.3 Å². The van der Waals surface area contributed by atoms with Gasteiger partial charge >= 0.3 is 5.97 Å². The van der Waals surface area contributed by atoms with E-state index in [0.717, 1.165) is 11.0 Å². The summed E-state index contributed by atoms with van der Waals surface area (Å²) >= 11 is 17.9. The quantitative estimate of drug-likeness (QED) is 0.473. The Morgan fingerprint density at radius 1 is 1.17 bits per heavy atom. The first kappa shape index (κ1) is 16.1. The van der Waals surface area contributed by atoms with Crippen LogP contribution >= 0.6 is 34.8 Å². The van der Waals surface area contributed by atoms with Crippen molar-refractivity contribution in [2.45, 2.75) is 13.0 Å². The van der Waals surface area contributed by atoms with Crippen LogP contribution in [0, 0.1) is 0 Å². The molecule has 0 amide bonds. The Labute approximate surface area is 147 Å². The van der Waals surface area contributed by atoms with Gasteiger partial charge in [0.05, 0.1) is 27.4 Å². The number of halogens is 3. The summed E-state index contributed by atoms with van der Waals surface area (Å²) in [6.45, 7) is 1.72. The molecule has 1 aromatic heterocycles. The number of benzene rings is 2. The molecule has 7 heteroatoms. The summed E-state index contributed by atoms with van der Waals surface area (Å²) in [5.74, 6) is -0.404. The predicted octanol–water partition coefficient (Wildman–Crippen LogP) is 5.16. The molecule has 0 aliphatic rings. The zero-order valence-corrected chi connectivity index (χ0v) is 14.2. The molecule has 3 rings (SSSR count). The average molecular weight is 370 g/mol. The minimum Gasteiger partial charge on any atom is -0.422 e. The van der Waals surface area contributed by atoms with Crippen LogP contribution in [0.2, 0.25) is 15.1 Å². The van der Waals surface area contributed by atoms with Gasteiger partial charge in [-0.2, -0.15) is 0 Å². The molecule has 1 atom stereocenters. The summed E-state index contributed by atoms with van der Waals surface area (Å²) in [6.07, 6.45) is 1.60. The van der Waals surface area contributed by atoms with Crippen molar-refractivity contribution in [3.05, 3.63) is 57.8 Å². The normalized spacial score (nSPS) is 12.3. The lowest BCUT2D eigenvalue weighted by atomic mass is 10.2. The number of hydrogen-bond acceptors (Lipinski definition) is 3. The minimum absolute atomic E-state index is 0.0963. The van der Waals surface area contributed by atoms with Crippen molar-refractivity contribution in [2.24, 2.45) is 0 Å². The molecule has 0 radical (unpaired) electrons. The summed E-state index contributed by atoms with van der Waals surface area (Å²) in [5, 5.41) is 0.727. The van der Waals surface area contributed by atoms with Crippen molar-refractivity contribution in [1.29, 1.82) is 0 Å². The van der Waals surface area contributed by atoms with Crippen molar-refractivity contribution >= 4 is 51.8 Å². The maximum absolute atomic E-state index is 12.4. The van der Waals surface area contributed by atoms with Crippen LogP contribution < -0.4 is 4.74 Å². The van der Waals surface area contributed by atoms with Gasteiger partial charge in [0.2, 0.25) is 0 Å². The standard InChI is InChI=1S/C16H11Cl3N2O2/c1-9(21-8-20-13-4-2-3-5-14(13)21)16(22)23-15-11(18)6-10(17)7-12(15)19/h2-9H,1H3. The van der Waals surface area contributed by atoms with Gasteiger partial charge in [0.1, 0.15) is 6.04 Å². The Hall–Kier alpha value is -1.75. The van der Waals surface area contributed by atoms with Gasteiger partial charge in [0.15, 0.2) is 5.75 Å². The van der Waals surface area contributed by atoms with Crippen LogP contribution in [0.3, 0.4) is 0 Å². The van der Waals surface area contributed by atoms with Crippen LogP contribution in [-0.4, -0.2) is 15.5 Å². The fourth-order valence-corrected chi connectivity index (χ4v) is 3.11. The lowest BCUT2D eigenvalue weighted by molar-refractivity contribution is -0.137. The first-order valence-electron chi connectivity index (χ1n) is 6.75. The first-order valence-corrected chi connectivity index (χ1v) is 7.88. The van der Waals surface area contributed by atoms with Crippen molar-refractivity contribution in [1.82, 2.24) is 9.55 Å². The highest BCUT2D eigenvalue weighted by atomic mass is 35.5. The van der Waals surface area contributed by atoms with Crippen molar-refractivity contribution < 1.29 is 9.53 Å². The summed E-state index contributed by atoms with van der Waals surface area (Å²) in [7, 11) is 0. The Balaban J connectivity index is 1.89. The number of aromatic nitrogens is 2. The second-order valence-electron chi connectivity index (χ2n) is 4.94. The topological polar surface area (TPSA) is 44.1 Å². The van der Waals surface area contributed by atoms with Crippen molar-refractivity contribution in [3.8, 4) is 5.75 Å². The van der Waals surface area contributed by atoms with Gasteiger partial charge in [0.25, 0.3) is 0 Å². The number of esters is 1. The first-order chi connectivity index (χ1) is 11.0. The predicted molar refractivity (Wildman–Crippen MR) is 91.6 cm³/mol. The molecule has 118 valence electrons. The van der Waals surface area contributed by atoms with Crippen LogP contribution in [0.4, 0.5) is 0 Å². The number of carbonyl (C=O) groups is 1. The molecule has 1 heterocycles. The third-order valence-corrected chi connectivity index (χ3v) is 4.18. The van der Waals surface area contributed by atoms with E-state index in [2.05, 4.69) is 4.98 Å². The third kappa shape index (κ3) is 3.15. The zero-order valence-electron chi connectivity index (χ0n) is 12.0. The number of hydrogen-bond donors (Lipinski definition) is 0. The van der Waals surface area contributed by atoms with Crippen molar-refractivity contribution in [2.75, 3.05) is 0 Å². The monoisotopic (exact) mass is 368 g/mol. The van der Waals surface area contributed by atoms with Gasteiger partial charge in [-0.25, -0.2) is 9.78 Å². The van der Waals surface area contributed by atoms with Crippen LogP contribution in [0.5, 0.6) is 5.75 Å². The molecule has 1 unspecified atom stereocenters. The van der Waals surface area contributed by atoms with Crippen LogP contribution in [0.1, 0.15) is 13.0 Å². The molecule has 0 aliphatic carbocycles. The molecule has 2 aromatic carbocycles. The second kappa shape index (κ2) is 6.40. The second-order valence-corrected chi connectivity index (χ2v) is 6.19. The molecule has 4 nitrogen and oxygen atoms in total. The van der Waals surface area contributed by atoms with Gasteiger partial charge in [-0.3, -0.25) is 0 Å². The van der Waals surface area contributed by atoms with E-state index in [1.54, 1.807) is 17.8 Å². The number of nitrogens with zero attached hydrogens (tertiary/aromatic N) is 2. The van der Waals surface area contributed by atoms with Gasteiger partial charge in [-0.05, 0) is 31.2 Å². The zero-order chi connectivity index (χ0) is 16.6. The highest BCUT2D eigenvalue weighted by Gasteiger charge is 2.22. The largest absolute Gasteiger partial charge is 0.422 e. The lowest BCUT2D eigenvalue weighted by Crippen LogP contribution is -2.21. The summed E-state index contributed by atoms with van der Waals surface area (Å²) in [6, 6.07) is 9.86. The number of fused-ring (bicyclic) bond motifs is 1. The summed E-state index contributed by atoms with van der Waals surface area (Å²) in [4.78, 5) is 16.7. The molecule has 0 bridgehead atoms. The van der Waals surface area contributed by atoms with Gasteiger partial charge in [-0.15, -0.1) is 0 Å². The molecular formula is C16H11Cl3N2O2. The Morgan fingerprint density at radius 2 is 1.83 bits per heavy atom. The Morgan fingerprint density at radius 3 is 2.52 bits per heavy atom. The van der Waals surface area contributed by atoms with Gasteiger partial charge in [-0.1, -0.05) is 46.9 Å². The van der Waals surface area contributed by atoms with Crippen LogP contribution in [0.15, 0.2) is 42.7 Å². The van der Waals surface area contributed by atoms with E-state index in [-0.39, 0.29) is 15.8 Å². The van der Waals surface area contributed by atoms with E-state index >= 15 is 0 Å². The smallest absolute Gasteiger partial charge is 0.334 e. The SMILES string of the molecule is CC(C(=O)Oc1c(Cl)cc(Cl)cc1Cl)n1cnc2ccccc21. The van der Waals surface area contributed by atoms with Crippen LogP contribution in [0.25, 0.3) is 11.0 Å². The Kier molecular flexibility index (Phi) is 4.48. The summed E-state index contributed by atoms with van der Waals surface area (Å²) < 4.78 is 7.09. The molecule has 23 heavy (non-hydrogen) atoms. The molecular weight excluding hydrogens is 359 g/mol. The number of rotatable bonds is 3. The van der Waals surface area contributed by atoms with E-state index in [0.29, 0.717) is 5.02 Å². The minimum atomic E-state index is -0.592. The summed E-state index contributed by atoms with van der Waals surface area (Å²) in [5.41, 5.74) is 1.64. The molecule has 0 fully saturated rings. The molecule has 0 N–H and O–H groups in total. The molecule has 0 spiro atoms. The van der Waals surface area contributed by atoms with Gasteiger partial charge in [0, 0.05) is 5.02 Å². The highest BCUT2D eigenvalue weighted by molar-refractivity contribution is 6.40. The Bertz CT molecular complexity index is 869. The molecule has 0 saturated carbocycles. The molecule has 0 aliphatic heterocycles. The lowest BCUT2D eigenvalue weighted by Gasteiger charge is -2.15. The number of carbonyl (C=O) groups excluding carboxylic acids is 1. The average Bonchev–Trinajstić information content (AvgIpc) is 2.93. The fraction of sp³-hybridized carbons (Fsp3) is 0.125. The molecule has 0 saturated heterocycles. The number of ether oxygens (including phenoxy) is 1. The van der Waals surface area contributed by atoms with Gasteiger partial charge < -0.3 is 9.30 Å². The maximum Gasteiger partial charge on any atom is 0.334 e. The van der Waals surface area contributed by atoms with E-state index < -0.39 is 12.0 Å².